The Morgan fingerprint density at radius 2 is 1.97 bits per heavy atom. The predicted molar refractivity (Wildman–Crippen MR) is 145 cm³/mol. The van der Waals surface area contributed by atoms with Gasteiger partial charge in [0.1, 0.15) is 0 Å². The molecule has 186 valence electrons. The fraction of sp³-hybridized carbons (Fsp3) is 0.433. The molecule has 3 heterocycles. The molecular formula is C30H35N5O. The van der Waals surface area contributed by atoms with Gasteiger partial charge in [0.15, 0.2) is 0 Å². The number of benzene rings is 1. The lowest BCUT2D eigenvalue weighted by Crippen LogP contribution is -2.30. The van der Waals surface area contributed by atoms with Crippen LogP contribution in [0.1, 0.15) is 57.0 Å². The molecule has 6 heteroatoms. The Balaban J connectivity index is 1.43. The first-order chi connectivity index (χ1) is 17.3. The van der Waals surface area contributed by atoms with Crippen molar-refractivity contribution in [3.63, 3.8) is 0 Å². The minimum Gasteiger partial charge on any atom is -0.334 e. The topological polar surface area (TPSA) is 74.0 Å². The van der Waals surface area contributed by atoms with E-state index >= 15 is 0 Å². The second-order valence-electron chi connectivity index (χ2n) is 10.3. The summed E-state index contributed by atoms with van der Waals surface area (Å²) in [6.07, 6.45) is 6.49. The lowest BCUT2D eigenvalue weighted by Gasteiger charge is -2.28. The highest BCUT2D eigenvalue weighted by atomic mass is 16.1. The Morgan fingerprint density at radius 1 is 1.19 bits per heavy atom. The van der Waals surface area contributed by atoms with Gasteiger partial charge < -0.3 is 14.8 Å². The normalized spacial score (nSPS) is 14.8. The molecule has 1 aliphatic heterocycles. The zero-order chi connectivity index (χ0) is 25.7. The van der Waals surface area contributed by atoms with Gasteiger partial charge in [0.05, 0.1) is 34.8 Å². The molecule has 6 nitrogen and oxygen atoms in total. The van der Waals surface area contributed by atoms with Crippen molar-refractivity contribution in [2.45, 2.75) is 58.4 Å². The number of nitrogens with one attached hydrogen (secondary N) is 1. The van der Waals surface area contributed by atoms with Crippen molar-refractivity contribution < 1.29 is 4.79 Å². The van der Waals surface area contributed by atoms with Crippen molar-refractivity contribution in [2.75, 3.05) is 25.5 Å². The summed E-state index contributed by atoms with van der Waals surface area (Å²) < 4.78 is 2.15. The maximum absolute atomic E-state index is 12.5. The molecule has 0 atom stereocenters. The highest BCUT2D eigenvalue weighted by Gasteiger charge is 2.21. The van der Waals surface area contributed by atoms with Crippen molar-refractivity contribution in [1.29, 1.82) is 5.26 Å². The van der Waals surface area contributed by atoms with E-state index in [-0.39, 0.29) is 0 Å². The molecule has 1 fully saturated rings. The average molecular weight is 482 g/mol. The number of carbonyl (C=O) groups excluding carboxylic acids is 1. The molecule has 0 aliphatic carbocycles. The van der Waals surface area contributed by atoms with Crippen LogP contribution < -0.4 is 5.32 Å². The highest BCUT2D eigenvalue weighted by Crippen LogP contribution is 2.25. The van der Waals surface area contributed by atoms with Gasteiger partial charge in [0.2, 0.25) is 0 Å². The number of amides is 1. The molecule has 3 aromatic rings. The zero-order valence-electron chi connectivity index (χ0n) is 21.8. The number of hydrogen-bond donors (Lipinski definition) is 1. The zero-order valence-corrected chi connectivity index (χ0v) is 21.8. The number of anilines is 1. The molecule has 0 spiro atoms. The molecule has 2 aromatic heterocycles. The Labute approximate surface area is 214 Å². The number of aromatic nitrogens is 2. The van der Waals surface area contributed by atoms with Crippen molar-refractivity contribution in [3.8, 4) is 17.9 Å². The number of nitrogens with zero attached hydrogens (tertiary/aromatic N) is 4. The number of pyridine rings is 1. The minimum absolute atomic E-state index is 0.393. The number of nitriles is 1. The first kappa shape index (κ1) is 25.5. The van der Waals surface area contributed by atoms with Gasteiger partial charge in [-0.05, 0) is 114 Å². The lowest BCUT2D eigenvalue weighted by molar-refractivity contribution is -0.111. The van der Waals surface area contributed by atoms with Crippen molar-refractivity contribution in [1.82, 2.24) is 14.5 Å². The summed E-state index contributed by atoms with van der Waals surface area (Å²) in [6.45, 7) is 8.91. The standard InChI is InChI=1S/C30H35N5O/c1-5-35-26(10-13-29(36)33-25-9-12-28(32-20-25)30(2,3)21-31)19-24-18-23(8-11-27(24)35)7-6-22-14-16-34(4)17-15-22/h8-9,11-12,18-20,22H,5-7,14-17H2,1-4H3,(H,33,36). The maximum atomic E-state index is 12.5. The summed E-state index contributed by atoms with van der Waals surface area (Å²) in [5, 5.41) is 13.2. The highest BCUT2D eigenvalue weighted by molar-refractivity contribution is 6.04. The molecule has 1 aliphatic rings. The summed E-state index contributed by atoms with van der Waals surface area (Å²) in [4.78, 5) is 19.2. The Hall–Kier alpha value is -3.61. The molecular weight excluding hydrogens is 446 g/mol. The van der Waals surface area contributed by atoms with Crippen LogP contribution in [0, 0.1) is 29.1 Å². The maximum Gasteiger partial charge on any atom is 0.300 e. The fourth-order valence-corrected chi connectivity index (χ4v) is 4.82. The van der Waals surface area contributed by atoms with Crippen molar-refractivity contribution >= 4 is 22.5 Å². The Morgan fingerprint density at radius 3 is 2.64 bits per heavy atom. The van der Waals surface area contributed by atoms with E-state index < -0.39 is 11.3 Å². The first-order valence-corrected chi connectivity index (χ1v) is 12.8. The van der Waals surface area contributed by atoms with Gasteiger partial charge in [-0.15, -0.1) is 0 Å². The van der Waals surface area contributed by atoms with E-state index in [4.69, 9.17) is 0 Å². The number of hydrogen-bond acceptors (Lipinski definition) is 4. The largest absolute Gasteiger partial charge is 0.334 e. The second-order valence-corrected chi connectivity index (χ2v) is 10.3. The number of aryl methyl sites for hydroxylation is 2. The van der Waals surface area contributed by atoms with Gasteiger partial charge in [0, 0.05) is 23.4 Å². The van der Waals surface area contributed by atoms with E-state index in [9.17, 15) is 10.1 Å². The van der Waals surface area contributed by atoms with Gasteiger partial charge in [-0.1, -0.05) is 6.07 Å². The third-order valence-corrected chi connectivity index (χ3v) is 7.21. The van der Waals surface area contributed by atoms with E-state index in [1.54, 1.807) is 18.3 Å². The van der Waals surface area contributed by atoms with Crippen LogP contribution in [0.15, 0.2) is 42.6 Å². The molecule has 36 heavy (non-hydrogen) atoms. The van der Waals surface area contributed by atoms with Gasteiger partial charge in [-0.3, -0.25) is 9.78 Å². The molecule has 1 saturated heterocycles. The first-order valence-electron chi connectivity index (χ1n) is 12.8. The van der Waals surface area contributed by atoms with Crippen LogP contribution in [0.3, 0.4) is 0 Å². The summed E-state index contributed by atoms with van der Waals surface area (Å²) >= 11 is 0. The van der Waals surface area contributed by atoms with Crippen LogP contribution in [0.5, 0.6) is 0 Å². The number of rotatable bonds is 6. The summed E-state index contributed by atoms with van der Waals surface area (Å²) in [7, 11) is 2.21. The van der Waals surface area contributed by atoms with E-state index in [1.165, 1.54) is 43.3 Å². The van der Waals surface area contributed by atoms with E-state index in [1.807, 2.05) is 13.8 Å². The van der Waals surface area contributed by atoms with E-state index in [0.29, 0.717) is 11.4 Å². The van der Waals surface area contributed by atoms with Gasteiger partial charge in [0.25, 0.3) is 0 Å². The van der Waals surface area contributed by atoms with Crippen LogP contribution in [0.2, 0.25) is 0 Å². The van der Waals surface area contributed by atoms with Crippen molar-refractivity contribution in [3.05, 3.63) is 59.5 Å². The molecule has 0 radical (unpaired) electrons. The van der Waals surface area contributed by atoms with Gasteiger partial charge in [-0.2, -0.15) is 5.26 Å². The molecule has 1 N–H and O–H groups in total. The van der Waals surface area contributed by atoms with Crippen LogP contribution in [-0.2, 0) is 23.2 Å². The molecule has 0 unspecified atom stereocenters. The quantitative estimate of drug-likeness (QED) is 0.496. The molecule has 1 amide bonds. The summed E-state index contributed by atoms with van der Waals surface area (Å²) in [6, 6.07) is 14.5. The fourth-order valence-electron chi connectivity index (χ4n) is 4.82. The third-order valence-electron chi connectivity index (χ3n) is 7.21. The van der Waals surface area contributed by atoms with Gasteiger partial charge >= 0.3 is 5.91 Å². The molecule has 4 rings (SSSR count). The minimum atomic E-state index is -0.678. The SMILES string of the molecule is CCn1c(C#CC(=O)Nc2ccc(C(C)(C)C#N)nc2)cc2cc(CCC3CCN(C)CC3)ccc21. The van der Waals surface area contributed by atoms with E-state index in [0.717, 1.165) is 30.1 Å². The average Bonchev–Trinajstić information content (AvgIpc) is 3.24. The van der Waals surface area contributed by atoms with Crippen LogP contribution in [-0.4, -0.2) is 40.5 Å². The number of carbonyl (C=O) groups is 1. The predicted octanol–water partition coefficient (Wildman–Crippen LogP) is 5.12. The molecule has 1 aromatic carbocycles. The van der Waals surface area contributed by atoms with Crippen molar-refractivity contribution in [2.24, 2.45) is 5.92 Å². The summed E-state index contributed by atoms with van der Waals surface area (Å²) in [5.74, 6) is 6.21. The number of fused-ring (bicyclic) bond motifs is 1. The smallest absolute Gasteiger partial charge is 0.300 e. The Kier molecular flexibility index (Phi) is 7.77. The third kappa shape index (κ3) is 5.96. The number of piperidine rings is 1. The van der Waals surface area contributed by atoms with E-state index in [2.05, 4.69) is 75.9 Å². The Bertz CT molecular complexity index is 1330. The van der Waals surface area contributed by atoms with Crippen LogP contribution in [0.25, 0.3) is 10.9 Å². The molecule has 0 bridgehead atoms. The van der Waals surface area contributed by atoms with Crippen LogP contribution in [0.4, 0.5) is 5.69 Å². The van der Waals surface area contributed by atoms with Crippen LogP contribution >= 0.6 is 0 Å². The lowest BCUT2D eigenvalue weighted by atomic mass is 9.90. The second kappa shape index (κ2) is 11.0. The number of likely N-dealkylation sites (tertiary alicyclic amines) is 1. The summed E-state index contributed by atoms with van der Waals surface area (Å²) in [5.41, 5.74) is 3.87. The van der Waals surface area contributed by atoms with Gasteiger partial charge in [-0.25, -0.2) is 0 Å². The monoisotopic (exact) mass is 481 g/mol. The molecule has 0 saturated carbocycles.